The van der Waals surface area contributed by atoms with E-state index in [1.165, 1.54) is 5.56 Å². The predicted molar refractivity (Wildman–Crippen MR) is 73.3 cm³/mol. The lowest BCUT2D eigenvalue weighted by molar-refractivity contribution is -0.138. The normalized spacial score (nSPS) is 23.2. The molecule has 0 radical (unpaired) electrons. The smallest absolute Gasteiger partial charge is 0.241 e. The molecule has 1 aromatic rings. The monoisotopic (exact) mass is 257 g/mol. The van der Waals surface area contributed by atoms with E-state index >= 15 is 0 Å². The molecule has 1 N–H and O–H groups in total. The number of rotatable bonds is 4. The Morgan fingerprint density at radius 2 is 2.16 bits per heavy atom. The molecule has 19 heavy (non-hydrogen) atoms. The summed E-state index contributed by atoms with van der Waals surface area (Å²) < 4.78 is 0. The number of amides is 1. The van der Waals surface area contributed by atoms with Crippen LogP contribution in [0.4, 0.5) is 0 Å². The Kier molecular flexibility index (Phi) is 4.53. The summed E-state index contributed by atoms with van der Waals surface area (Å²) in [6.07, 6.45) is 1.10. The maximum absolute atomic E-state index is 12.3. The highest BCUT2D eigenvalue weighted by Gasteiger charge is 2.32. The van der Waals surface area contributed by atoms with Crippen molar-refractivity contribution in [1.82, 2.24) is 10.2 Å². The molecule has 1 amide bonds. The lowest BCUT2D eigenvalue weighted by Gasteiger charge is -2.37. The van der Waals surface area contributed by atoms with Crippen LogP contribution in [0.3, 0.4) is 0 Å². The van der Waals surface area contributed by atoms with Crippen molar-refractivity contribution in [3.63, 3.8) is 0 Å². The fraction of sp³-hybridized carbons (Fsp3) is 0.467. The van der Waals surface area contributed by atoms with Gasteiger partial charge in [-0.25, -0.2) is 0 Å². The molecule has 2 atom stereocenters. The zero-order valence-corrected chi connectivity index (χ0v) is 11.2. The van der Waals surface area contributed by atoms with Gasteiger partial charge in [-0.3, -0.25) is 4.79 Å². The number of hydrogen-bond acceptors (Lipinski definition) is 3. The zero-order valence-electron chi connectivity index (χ0n) is 11.2. The fourth-order valence-electron chi connectivity index (χ4n) is 2.40. The van der Waals surface area contributed by atoms with Gasteiger partial charge in [0.15, 0.2) is 0 Å². The van der Waals surface area contributed by atoms with E-state index in [9.17, 15) is 4.79 Å². The van der Waals surface area contributed by atoms with E-state index in [-0.39, 0.29) is 24.4 Å². The molecule has 1 aromatic carbocycles. The highest BCUT2D eigenvalue weighted by atomic mass is 16.2. The Balaban J connectivity index is 1.97. The Bertz CT molecular complexity index is 466. The molecule has 0 aromatic heterocycles. The van der Waals surface area contributed by atoms with Gasteiger partial charge in [0.05, 0.1) is 12.5 Å². The van der Waals surface area contributed by atoms with Crippen molar-refractivity contribution in [3.8, 4) is 6.07 Å². The molecule has 1 aliphatic heterocycles. The molecule has 1 heterocycles. The largest absolute Gasteiger partial charge is 0.337 e. The molecular weight excluding hydrogens is 238 g/mol. The van der Waals surface area contributed by atoms with Crippen LogP contribution >= 0.6 is 0 Å². The molecule has 0 aliphatic carbocycles. The van der Waals surface area contributed by atoms with Crippen LogP contribution in [0.25, 0.3) is 0 Å². The summed E-state index contributed by atoms with van der Waals surface area (Å²) in [4.78, 5) is 14.2. The molecule has 0 bridgehead atoms. The summed E-state index contributed by atoms with van der Waals surface area (Å²) in [5.74, 6) is 0.0521. The summed E-state index contributed by atoms with van der Waals surface area (Å²) in [7, 11) is 0. The lowest BCUT2D eigenvalue weighted by atomic mass is 10.1. The van der Waals surface area contributed by atoms with Gasteiger partial charge >= 0.3 is 0 Å². The number of nitrogens with one attached hydrogen (secondary N) is 1. The summed E-state index contributed by atoms with van der Waals surface area (Å²) in [6.45, 7) is 3.51. The second-order valence-electron chi connectivity index (χ2n) is 4.94. The van der Waals surface area contributed by atoms with E-state index in [1.54, 1.807) is 0 Å². The van der Waals surface area contributed by atoms with Crippen molar-refractivity contribution < 1.29 is 4.79 Å². The fourth-order valence-corrected chi connectivity index (χ4v) is 2.40. The van der Waals surface area contributed by atoms with Crippen LogP contribution in [-0.2, 0) is 11.2 Å². The van der Waals surface area contributed by atoms with Gasteiger partial charge in [0.1, 0.15) is 6.04 Å². The number of benzene rings is 1. The van der Waals surface area contributed by atoms with Gasteiger partial charge in [-0.15, -0.1) is 0 Å². The summed E-state index contributed by atoms with van der Waals surface area (Å²) in [6, 6.07) is 12.1. The standard InChI is InChI=1S/C15H19N3O/c1-12-11-17-14(7-9-16)15(19)18(12)10-8-13-5-3-2-4-6-13/h2-6,12,14,17H,7-8,10-11H2,1H3. The van der Waals surface area contributed by atoms with Crippen LogP contribution < -0.4 is 5.32 Å². The first-order valence-electron chi connectivity index (χ1n) is 6.67. The SMILES string of the molecule is CC1CNC(CC#N)C(=O)N1CCc1ccccc1. The van der Waals surface area contributed by atoms with E-state index in [2.05, 4.69) is 23.5 Å². The molecular formula is C15H19N3O. The van der Waals surface area contributed by atoms with Gasteiger partial charge in [0, 0.05) is 19.1 Å². The minimum atomic E-state index is -0.336. The Labute approximate surface area is 114 Å². The first-order chi connectivity index (χ1) is 9.22. The second kappa shape index (κ2) is 6.35. The molecule has 1 aliphatic rings. The third-order valence-corrected chi connectivity index (χ3v) is 3.55. The summed E-state index contributed by atoms with van der Waals surface area (Å²) in [5, 5.41) is 11.9. The van der Waals surface area contributed by atoms with Crippen molar-refractivity contribution in [3.05, 3.63) is 35.9 Å². The Hall–Kier alpha value is -1.86. The zero-order chi connectivity index (χ0) is 13.7. The molecule has 0 saturated carbocycles. The van der Waals surface area contributed by atoms with Gasteiger partial charge in [-0.1, -0.05) is 30.3 Å². The maximum Gasteiger partial charge on any atom is 0.241 e. The molecule has 100 valence electrons. The van der Waals surface area contributed by atoms with Crippen LogP contribution in [0.2, 0.25) is 0 Å². The molecule has 0 spiro atoms. The van der Waals surface area contributed by atoms with Crippen LogP contribution in [0, 0.1) is 11.3 Å². The molecule has 2 rings (SSSR count). The van der Waals surface area contributed by atoms with E-state index < -0.39 is 0 Å². The summed E-state index contributed by atoms with van der Waals surface area (Å²) >= 11 is 0. The topological polar surface area (TPSA) is 56.1 Å². The minimum absolute atomic E-state index is 0.0521. The third-order valence-electron chi connectivity index (χ3n) is 3.55. The summed E-state index contributed by atoms with van der Waals surface area (Å²) in [5.41, 5.74) is 1.23. The van der Waals surface area contributed by atoms with Gasteiger partial charge in [-0.2, -0.15) is 5.26 Å². The second-order valence-corrected chi connectivity index (χ2v) is 4.94. The van der Waals surface area contributed by atoms with Crippen LogP contribution in [-0.4, -0.2) is 36.0 Å². The van der Waals surface area contributed by atoms with Crippen molar-refractivity contribution in [2.24, 2.45) is 0 Å². The van der Waals surface area contributed by atoms with Crippen molar-refractivity contribution >= 4 is 5.91 Å². The lowest BCUT2D eigenvalue weighted by Crippen LogP contribution is -2.59. The van der Waals surface area contributed by atoms with Crippen LogP contribution in [0.15, 0.2) is 30.3 Å². The first kappa shape index (κ1) is 13.6. The maximum atomic E-state index is 12.3. The van der Waals surface area contributed by atoms with Crippen LogP contribution in [0.5, 0.6) is 0 Å². The predicted octanol–water partition coefficient (Wildman–Crippen LogP) is 1.33. The molecule has 1 fully saturated rings. The molecule has 1 saturated heterocycles. The van der Waals surface area contributed by atoms with Gasteiger partial charge < -0.3 is 10.2 Å². The van der Waals surface area contributed by atoms with Crippen molar-refractivity contribution in [2.45, 2.75) is 31.8 Å². The number of piperazine rings is 1. The Morgan fingerprint density at radius 3 is 2.84 bits per heavy atom. The molecule has 4 nitrogen and oxygen atoms in total. The number of nitriles is 1. The highest BCUT2D eigenvalue weighted by molar-refractivity contribution is 5.83. The molecule has 2 unspecified atom stereocenters. The van der Waals surface area contributed by atoms with Crippen molar-refractivity contribution in [2.75, 3.05) is 13.1 Å². The van der Waals surface area contributed by atoms with E-state index in [0.29, 0.717) is 6.54 Å². The van der Waals surface area contributed by atoms with E-state index in [0.717, 1.165) is 13.0 Å². The average Bonchev–Trinajstić information content (AvgIpc) is 2.43. The van der Waals surface area contributed by atoms with E-state index in [4.69, 9.17) is 5.26 Å². The number of nitrogens with zero attached hydrogens (tertiary/aromatic N) is 2. The highest BCUT2D eigenvalue weighted by Crippen LogP contribution is 2.12. The van der Waals surface area contributed by atoms with Gasteiger partial charge in [0.25, 0.3) is 0 Å². The number of carbonyl (C=O) groups excluding carboxylic acids is 1. The number of carbonyl (C=O) groups is 1. The Morgan fingerprint density at radius 1 is 1.42 bits per heavy atom. The van der Waals surface area contributed by atoms with Gasteiger partial charge in [0.2, 0.25) is 5.91 Å². The number of hydrogen-bond donors (Lipinski definition) is 1. The van der Waals surface area contributed by atoms with Crippen LogP contribution in [0.1, 0.15) is 18.9 Å². The average molecular weight is 257 g/mol. The minimum Gasteiger partial charge on any atom is -0.337 e. The molecule has 4 heteroatoms. The quantitative estimate of drug-likeness (QED) is 0.885. The first-order valence-corrected chi connectivity index (χ1v) is 6.67. The van der Waals surface area contributed by atoms with Crippen molar-refractivity contribution in [1.29, 1.82) is 5.26 Å². The third kappa shape index (κ3) is 3.33. The van der Waals surface area contributed by atoms with Gasteiger partial charge in [-0.05, 0) is 18.9 Å². The van der Waals surface area contributed by atoms with E-state index in [1.807, 2.05) is 30.0 Å².